The van der Waals surface area contributed by atoms with Gasteiger partial charge in [0.2, 0.25) is 0 Å². The van der Waals surface area contributed by atoms with Crippen LogP contribution in [0.2, 0.25) is 10.0 Å². The van der Waals surface area contributed by atoms with Crippen molar-refractivity contribution in [1.82, 2.24) is 4.90 Å². The lowest BCUT2D eigenvalue weighted by Gasteiger charge is -2.13. The van der Waals surface area contributed by atoms with Crippen LogP contribution >= 0.6 is 35.0 Å². The molecule has 1 fully saturated rings. The van der Waals surface area contributed by atoms with E-state index in [0.29, 0.717) is 37.6 Å². The number of methoxy groups -OCH3 is 1. The number of carbonyl (C=O) groups is 2. The molecule has 0 bridgehead atoms. The first-order valence-corrected chi connectivity index (χ1v) is 11.6. The minimum atomic E-state index is -0.362. The van der Waals surface area contributed by atoms with Crippen LogP contribution in [0.3, 0.4) is 0 Å². The summed E-state index contributed by atoms with van der Waals surface area (Å²) in [5.74, 6) is 0.687. The normalized spacial score (nSPS) is 14.8. The fraction of sp³-hybridized carbons (Fsp3) is 0.120. The lowest BCUT2D eigenvalue weighted by molar-refractivity contribution is -0.123. The molecule has 3 aromatic carbocycles. The van der Waals surface area contributed by atoms with E-state index in [-0.39, 0.29) is 24.3 Å². The second-order valence-electron chi connectivity index (χ2n) is 7.15. The number of rotatable bonds is 7. The number of nitrogens with zero attached hydrogens (tertiary/aromatic N) is 1. The molecule has 0 unspecified atom stereocenters. The predicted octanol–water partition coefficient (Wildman–Crippen LogP) is 6.82. The molecule has 0 aromatic heterocycles. The maximum atomic E-state index is 12.9. The van der Waals surface area contributed by atoms with E-state index in [2.05, 4.69) is 0 Å². The van der Waals surface area contributed by atoms with E-state index in [9.17, 15) is 9.59 Å². The molecule has 1 aliphatic rings. The van der Waals surface area contributed by atoms with Crippen LogP contribution in [-0.2, 0) is 17.9 Å². The fourth-order valence-electron chi connectivity index (χ4n) is 3.25. The minimum absolute atomic E-state index is 0.122. The van der Waals surface area contributed by atoms with E-state index >= 15 is 0 Å². The topological polar surface area (TPSA) is 55.8 Å². The van der Waals surface area contributed by atoms with Gasteiger partial charge >= 0.3 is 0 Å². The summed E-state index contributed by atoms with van der Waals surface area (Å²) in [5.41, 5.74) is 2.25. The van der Waals surface area contributed by atoms with Gasteiger partial charge in [0.05, 0.1) is 18.6 Å². The summed E-state index contributed by atoms with van der Waals surface area (Å²) in [5, 5.41) is 0.783. The molecule has 168 valence electrons. The quantitative estimate of drug-likeness (QED) is 0.334. The molecule has 8 heteroatoms. The maximum Gasteiger partial charge on any atom is 0.293 e. The van der Waals surface area contributed by atoms with Crippen molar-refractivity contribution in [3.63, 3.8) is 0 Å². The Bertz CT molecular complexity index is 1240. The molecule has 0 radical (unpaired) electrons. The van der Waals surface area contributed by atoms with Crippen LogP contribution in [0.25, 0.3) is 6.08 Å². The zero-order valence-corrected chi connectivity index (χ0v) is 19.9. The molecule has 5 nitrogen and oxygen atoms in total. The zero-order chi connectivity index (χ0) is 23.4. The second-order valence-corrected chi connectivity index (χ2v) is 8.96. The van der Waals surface area contributed by atoms with Gasteiger partial charge in [-0.15, -0.1) is 0 Å². The number of halogens is 2. The maximum absolute atomic E-state index is 12.9. The molecule has 1 heterocycles. The van der Waals surface area contributed by atoms with E-state index in [0.717, 1.165) is 17.3 Å². The Morgan fingerprint density at radius 3 is 2.24 bits per heavy atom. The molecule has 4 rings (SSSR count). The summed E-state index contributed by atoms with van der Waals surface area (Å²) in [7, 11) is 1.55. The Morgan fingerprint density at radius 1 is 0.909 bits per heavy atom. The van der Waals surface area contributed by atoms with Gasteiger partial charge in [-0.1, -0.05) is 65.7 Å². The first-order valence-electron chi connectivity index (χ1n) is 9.99. The summed E-state index contributed by atoms with van der Waals surface area (Å²) in [4.78, 5) is 26.9. The molecule has 0 spiro atoms. The van der Waals surface area contributed by atoms with E-state index in [1.807, 2.05) is 24.3 Å². The Labute approximate surface area is 205 Å². The molecule has 0 atom stereocenters. The van der Waals surface area contributed by atoms with Crippen LogP contribution in [0, 0.1) is 0 Å². The fourth-order valence-corrected chi connectivity index (χ4v) is 4.48. The molecule has 0 saturated carbocycles. The largest absolute Gasteiger partial charge is 0.493 e. The number of thioether (sulfide) groups is 1. The highest BCUT2D eigenvalue weighted by atomic mass is 35.5. The lowest BCUT2D eigenvalue weighted by atomic mass is 10.1. The standard InChI is InChI=1S/C25H19Cl2NO4S/c1-31-21-11-10-16(12-22(21)32-15-18-7-3-5-9-20(18)27)13-23-24(29)28(25(30)33-23)14-17-6-2-4-8-19(17)26/h2-13H,14-15H2,1H3/b23-13-. The average molecular weight is 500 g/mol. The number of hydrogen-bond acceptors (Lipinski definition) is 5. The van der Waals surface area contributed by atoms with Crippen LogP contribution in [0.4, 0.5) is 4.79 Å². The van der Waals surface area contributed by atoms with Gasteiger partial charge in [0.15, 0.2) is 11.5 Å². The second kappa shape index (κ2) is 10.3. The van der Waals surface area contributed by atoms with Crippen LogP contribution in [0.1, 0.15) is 16.7 Å². The van der Waals surface area contributed by atoms with Crippen molar-refractivity contribution in [1.29, 1.82) is 0 Å². The summed E-state index contributed by atoms with van der Waals surface area (Å²) in [6.45, 7) is 0.379. The average Bonchev–Trinajstić information content (AvgIpc) is 3.07. The van der Waals surface area contributed by atoms with E-state index in [1.165, 1.54) is 4.90 Å². The minimum Gasteiger partial charge on any atom is -0.493 e. The molecule has 0 N–H and O–H groups in total. The number of carbonyl (C=O) groups excluding carboxylic acids is 2. The Morgan fingerprint density at radius 2 is 1.58 bits per heavy atom. The number of benzene rings is 3. The smallest absolute Gasteiger partial charge is 0.293 e. The van der Waals surface area contributed by atoms with Gasteiger partial charge in [-0.05, 0) is 53.2 Å². The molecule has 0 aliphatic carbocycles. The molecule has 3 aromatic rings. The summed E-state index contributed by atoms with van der Waals surface area (Å²) >= 11 is 13.3. The lowest BCUT2D eigenvalue weighted by Crippen LogP contribution is -2.27. The molecule has 1 aliphatic heterocycles. The van der Waals surface area contributed by atoms with Crippen molar-refractivity contribution in [2.75, 3.05) is 7.11 Å². The molecule has 2 amide bonds. The zero-order valence-electron chi connectivity index (χ0n) is 17.6. The van der Waals surface area contributed by atoms with Crippen molar-refractivity contribution in [2.24, 2.45) is 0 Å². The van der Waals surface area contributed by atoms with Gasteiger partial charge < -0.3 is 9.47 Å². The Balaban J connectivity index is 1.54. The molecule has 33 heavy (non-hydrogen) atoms. The van der Waals surface area contributed by atoms with Gasteiger partial charge in [-0.2, -0.15) is 0 Å². The summed E-state index contributed by atoms with van der Waals surface area (Å²) in [6, 6.07) is 19.9. The molecular formula is C25H19Cl2NO4S. The van der Waals surface area contributed by atoms with Crippen LogP contribution < -0.4 is 9.47 Å². The Hall–Kier alpha value is -2.93. The third-order valence-corrected chi connectivity index (χ3v) is 6.63. The number of ether oxygens (including phenoxy) is 2. The van der Waals surface area contributed by atoms with E-state index < -0.39 is 0 Å². The summed E-state index contributed by atoms with van der Waals surface area (Å²) < 4.78 is 11.3. The highest BCUT2D eigenvalue weighted by Crippen LogP contribution is 2.36. The first-order chi connectivity index (χ1) is 16.0. The van der Waals surface area contributed by atoms with Crippen molar-refractivity contribution in [3.05, 3.63) is 98.4 Å². The molecular weight excluding hydrogens is 481 g/mol. The predicted molar refractivity (Wildman–Crippen MR) is 132 cm³/mol. The van der Waals surface area contributed by atoms with Gasteiger partial charge in [0.1, 0.15) is 6.61 Å². The van der Waals surface area contributed by atoms with E-state index in [1.54, 1.807) is 55.7 Å². The SMILES string of the molecule is COc1ccc(/C=C2\SC(=O)N(Cc3ccccc3Cl)C2=O)cc1OCc1ccccc1Cl. The van der Waals surface area contributed by atoms with Gasteiger partial charge in [-0.25, -0.2) is 0 Å². The number of hydrogen-bond donors (Lipinski definition) is 0. The van der Waals surface area contributed by atoms with Gasteiger partial charge in [0.25, 0.3) is 11.1 Å². The number of amides is 2. The van der Waals surface area contributed by atoms with Gasteiger partial charge in [0, 0.05) is 15.6 Å². The third-order valence-electron chi connectivity index (χ3n) is 4.99. The molecule has 1 saturated heterocycles. The van der Waals surface area contributed by atoms with Crippen molar-refractivity contribution in [2.45, 2.75) is 13.2 Å². The van der Waals surface area contributed by atoms with Crippen LogP contribution in [0.15, 0.2) is 71.6 Å². The first kappa shape index (κ1) is 23.2. The van der Waals surface area contributed by atoms with Crippen molar-refractivity contribution >= 4 is 52.2 Å². The van der Waals surface area contributed by atoms with Crippen molar-refractivity contribution in [3.8, 4) is 11.5 Å². The summed E-state index contributed by atoms with van der Waals surface area (Å²) in [6.07, 6.45) is 1.67. The van der Waals surface area contributed by atoms with Crippen LogP contribution in [-0.4, -0.2) is 23.2 Å². The van der Waals surface area contributed by atoms with E-state index in [4.69, 9.17) is 32.7 Å². The number of imide groups is 1. The Kier molecular flexibility index (Phi) is 7.28. The highest BCUT2D eigenvalue weighted by molar-refractivity contribution is 8.18. The highest BCUT2D eigenvalue weighted by Gasteiger charge is 2.35. The van der Waals surface area contributed by atoms with Gasteiger partial charge in [-0.3, -0.25) is 14.5 Å². The van der Waals surface area contributed by atoms with Crippen LogP contribution in [0.5, 0.6) is 11.5 Å². The van der Waals surface area contributed by atoms with Crippen molar-refractivity contribution < 1.29 is 19.1 Å². The third kappa shape index (κ3) is 5.36. The monoisotopic (exact) mass is 499 g/mol.